The predicted octanol–water partition coefficient (Wildman–Crippen LogP) is 16.0. The lowest BCUT2D eigenvalue weighted by Crippen LogP contribution is -1.97. The summed E-state index contributed by atoms with van der Waals surface area (Å²) in [6.07, 6.45) is 0. The molecule has 13 aromatic rings. The van der Waals surface area contributed by atoms with Gasteiger partial charge < -0.3 is 13.7 Å². The second-order valence-electron chi connectivity index (χ2n) is 16.5. The summed E-state index contributed by atoms with van der Waals surface area (Å²) in [6, 6.07) is 86.4. The summed E-state index contributed by atoms with van der Waals surface area (Å²) in [4.78, 5) is 0. The van der Waals surface area contributed by atoms with E-state index in [1.54, 1.807) is 0 Å². The zero-order valence-electron chi connectivity index (χ0n) is 34.4. The first-order chi connectivity index (χ1) is 31.3. The van der Waals surface area contributed by atoms with Crippen molar-refractivity contribution in [2.75, 3.05) is 0 Å². The van der Waals surface area contributed by atoms with E-state index in [0.29, 0.717) is 0 Å². The van der Waals surface area contributed by atoms with E-state index in [0.717, 1.165) is 5.69 Å². The Bertz CT molecular complexity index is 3880. The monoisotopic (exact) mass is 801 g/mol. The van der Waals surface area contributed by atoms with Gasteiger partial charge in [-0.1, -0.05) is 158 Å². The van der Waals surface area contributed by atoms with E-state index in [1.807, 2.05) is 0 Å². The van der Waals surface area contributed by atoms with Gasteiger partial charge in [0, 0.05) is 49.3 Å². The van der Waals surface area contributed by atoms with Gasteiger partial charge in [0.1, 0.15) is 0 Å². The average Bonchev–Trinajstić information content (AvgIpc) is 3.99. The van der Waals surface area contributed by atoms with Crippen molar-refractivity contribution >= 4 is 65.4 Å². The van der Waals surface area contributed by atoms with Gasteiger partial charge in [0.25, 0.3) is 0 Å². The quantitative estimate of drug-likeness (QED) is 0.159. The van der Waals surface area contributed by atoms with Crippen LogP contribution < -0.4 is 0 Å². The highest BCUT2D eigenvalue weighted by molar-refractivity contribution is 6.14. The maximum absolute atomic E-state index is 2.44. The van der Waals surface area contributed by atoms with Crippen LogP contribution in [0.15, 0.2) is 237 Å². The Morgan fingerprint density at radius 2 is 0.603 bits per heavy atom. The summed E-state index contributed by atoms with van der Waals surface area (Å²) in [5.74, 6) is 0. The summed E-state index contributed by atoms with van der Waals surface area (Å²) in [6.45, 7) is 0. The van der Waals surface area contributed by atoms with Gasteiger partial charge in [-0.15, -0.1) is 0 Å². The van der Waals surface area contributed by atoms with Gasteiger partial charge in [-0.05, 0) is 107 Å². The molecule has 3 heterocycles. The number of hydrogen-bond acceptors (Lipinski definition) is 0. The molecule has 3 aromatic heterocycles. The number of rotatable bonds is 6. The Kier molecular flexibility index (Phi) is 7.91. The molecule has 0 spiro atoms. The van der Waals surface area contributed by atoms with Gasteiger partial charge in [0.05, 0.1) is 38.8 Å². The Labute approximate surface area is 364 Å². The molecule has 0 unspecified atom stereocenters. The maximum Gasteiger partial charge on any atom is 0.0542 e. The highest BCUT2D eigenvalue weighted by Crippen LogP contribution is 2.41. The predicted molar refractivity (Wildman–Crippen MR) is 266 cm³/mol. The molecular weight excluding hydrogens is 763 g/mol. The van der Waals surface area contributed by atoms with Crippen LogP contribution in [0.5, 0.6) is 0 Å². The van der Waals surface area contributed by atoms with Crippen LogP contribution in [0, 0.1) is 0 Å². The summed E-state index contributed by atoms with van der Waals surface area (Å²) in [5, 5.41) is 7.45. The zero-order chi connectivity index (χ0) is 41.4. The van der Waals surface area contributed by atoms with Crippen LogP contribution in [0.2, 0.25) is 0 Å². The Morgan fingerprint density at radius 1 is 0.206 bits per heavy atom. The van der Waals surface area contributed by atoms with E-state index in [2.05, 4.69) is 250 Å². The minimum absolute atomic E-state index is 1.15. The molecule has 13 rings (SSSR count). The number of benzene rings is 10. The normalized spacial score (nSPS) is 11.8. The molecule has 0 radical (unpaired) electrons. The van der Waals surface area contributed by atoms with Crippen molar-refractivity contribution in [2.45, 2.75) is 0 Å². The lowest BCUT2D eigenvalue weighted by Gasteiger charge is -2.14. The third-order valence-electron chi connectivity index (χ3n) is 13.1. The van der Waals surface area contributed by atoms with Crippen LogP contribution in [0.3, 0.4) is 0 Å². The highest BCUT2D eigenvalue weighted by Gasteiger charge is 2.19. The van der Waals surface area contributed by atoms with Crippen LogP contribution in [0.4, 0.5) is 0 Å². The Balaban J connectivity index is 0.938. The van der Waals surface area contributed by atoms with E-state index >= 15 is 0 Å². The van der Waals surface area contributed by atoms with Crippen molar-refractivity contribution in [2.24, 2.45) is 0 Å². The molecule has 3 heteroatoms. The van der Waals surface area contributed by atoms with Gasteiger partial charge >= 0.3 is 0 Å². The van der Waals surface area contributed by atoms with Crippen LogP contribution in [-0.4, -0.2) is 13.7 Å². The van der Waals surface area contributed by atoms with E-state index in [1.165, 1.54) is 110 Å². The first-order valence-electron chi connectivity index (χ1n) is 21.7. The molecule has 10 aromatic carbocycles. The van der Waals surface area contributed by atoms with Gasteiger partial charge in [0.2, 0.25) is 0 Å². The van der Waals surface area contributed by atoms with Crippen molar-refractivity contribution in [3.8, 4) is 50.4 Å². The lowest BCUT2D eigenvalue weighted by molar-refractivity contribution is 1.17. The second-order valence-corrected chi connectivity index (χ2v) is 16.5. The summed E-state index contributed by atoms with van der Waals surface area (Å²) < 4.78 is 7.26. The number of aromatic nitrogens is 3. The smallest absolute Gasteiger partial charge is 0.0542 e. The number of fused-ring (bicyclic) bond motifs is 9. The van der Waals surface area contributed by atoms with Gasteiger partial charge in [-0.25, -0.2) is 0 Å². The summed E-state index contributed by atoms with van der Waals surface area (Å²) in [7, 11) is 0. The molecule has 0 aliphatic heterocycles. The van der Waals surface area contributed by atoms with E-state index in [9.17, 15) is 0 Å². The summed E-state index contributed by atoms with van der Waals surface area (Å²) >= 11 is 0. The molecule has 0 fully saturated rings. The molecule has 0 bridgehead atoms. The lowest BCUT2D eigenvalue weighted by atomic mass is 9.99. The molecule has 0 saturated heterocycles. The standard InChI is InChI=1S/C60H39N3/c1-3-15-40(16-4-1)41-27-29-42(30-28-41)47-19-7-11-23-54(47)63-57-26-14-10-21-49(57)52-38-44(32-35-60(52)63)43-31-34-58-51(37-43)48-20-8-13-25-56(48)62(58)46-33-36-59-53(39-46)50-22-9-12-24-55(50)61(59)45-17-5-2-6-18-45/h1-39H. The Hall–Kier alpha value is -8.40. The molecule has 0 atom stereocenters. The Morgan fingerprint density at radius 3 is 1.22 bits per heavy atom. The van der Waals surface area contributed by atoms with Crippen molar-refractivity contribution in [1.29, 1.82) is 0 Å². The fraction of sp³-hybridized carbons (Fsp3) is 0. The van der Waals surface area contributed by atoms with Crippen LogP contribution in [0.1, 0.15) is 0 Å². The SMILES string of the molecule is c1ccc(-c2ccc(-c3ccccc3-n3c4ccccc4c4cc(-c5ccc6c(c5)c5ccccc5n6-c5ccc6c(c5)c5ccccc5n6-c5ccccc5)ccc43)cc2)cc1. The molecule has 0 N–H and O–H groups in total. The second kappa shape index (κ2) is 14.1. The van der Waals surface area contributed by atoms with Gasteiger partial charge in [0.15, 0.2) is 0 Å². The van der Waals surface area contributed by atoms with Gasteiger partial charge in [-0.2, -0.15) is 0 Å². The van der Waals surface area contributed by atoms with Gasteiger partial charge in [-0.3, -0.25) is 0 Å². The van der Waals surface area contributed by atoms with E-state index in [4.69, 9.17) is 0 Å². The van der Waals surface area contributed by atoms with Crippen LogP contribution >= 0.6 is 0 Å². The third kappa shape index (κ3) is 5.53. The molecular formula is C60H39N3. The highest BCUT2D eigenvalue weighted by atomic mass is 15.0. The van der Waals surface area contributed by atoms with Crippen molar-refractivity contribution in [1.82, 2.24) is 13.7 Å². The topological polar surface area (TPSA) is 14.8 Å². The fourth-order valence-corrected chi connectivity index (χ4v) is 10.2. The van der Waals surface area contributed by atoms with Crippen molar-refractivity contribution in [3.63, 3.8) is 0 Å². The fourth-order valence-electron chi connectivity index (χ4n) is 10.2. The first-order valence-corrected chi connectivity index (χ1v) is 21.7. The first kappa shape index (κ1) is 35.4. The zero-order valence-corrected chi connectivity index (χ0v) is 34.4. The molecule has 0 saturated carbocycles. The third-order valence-corrected chi connectivity index (χ3v) is 13.1. The molecule has 63 heavy (non-hydrogen) atoms. The molecule has 294 valence electrons. The van der Waals surface area contributed by atoms with E-state index in [-0.39, 0.29) is 0 Å². The van der Waals surface area contributed by atoms with Crippen LogP contribution in [0.25, 0.3) is 116 Å². The minimum atomic E-state index is 1.15. The van der Waals surface area contributed by atoms with Crippen LogP contribution in [-0.2, 0) is 0 Å². The number of hydrogen-bond donors (Lipinski definition) is 0. The van der Waals surface area contributed by atoms with E-state index < -0.39 is 0 Å². The average molecular weight is 802 g/mol. The molecule has 0 aliphatic carbocycles. The molecule has 3 nitrogen and oxygen atoms in total. The minimum Gasteiger partial charge on any atom is -0.309 e. The number of nitrogens with zero attached hydrogens (tertiary/aromatic N) is 3. The van der Waals surface area contributed by atoms with Crippen molar-refractivity contribution in [3.05, 3.63) is 237 Å². The maximum atomic E-state index is 2.44. The molecule has 0 aliphatic rings. The number of para-hydroxylation sites is 5. The largest absolute Gasteiger partial charge is 0.309 e. The summed E-state index contributed by atoms with van der Waals surface area (Å²) in [5.41, 5.74) is 17.9. The van der Waals surface area contributed by atoms with Crippen molar-refractivity contribution < 1.29 is 0 Å². The molecule has 0 amide bonds.